The van der Waals surface area contributed by atoms with Crippen molar-refractivity contribution >= 4 is 29.5 Å². The van der Waals surface area contributed by atoms with Crippen molar-refractivity contribution in [2.75, 3.05) is 11.9 Å². The number of nitrogens with one attached hydrogen (secondary N) is 1. The zero-order valence-electron chi connectivity index (χ0n) is 23.5. The van der Waals surface area contributed by atoms with Gasteiger partial charge in [0.1, 0.15) is 17.7 Å². The second-order valence-corrected chi connectivity index (χ2v) is 12.1. The molecular weight excluding hydrogens is 534 g/mol. The van der Waals surface area contributed by atoms with Gasteiger partial charge in [0, 0.05) is 30.8 Å². The molecule has 1 aliphatic carbocycles. The molecule has 4 unspecified atom stereocenters. The Morgan fingerprint density at radius 2 is 1.85 bits per heavy atom. The summed E-state index contributed by atoms with van der Waals surface area (Å²) in [5.74, 6) is -3.97. The van der Waals surface area contributed by atoms with E-state index in [0.717, 1.165) is 18.4 Å². The van der Waals surface area contributed by atoms with E-state index in [4.69, 9.17) is 10.5 Å². The van der Waals surface area contributed by atoms with Gasteiger partial charge in [-0.15, -0.1) is 0 Å². The lowest BCUT2D eigenvalue weighted by molar-refractivity contribution is -0.132. The van der Waals surface area contributed by atoms with Gasteiger partial charge in [0.25, 0.3) is 0 Å². The number of anilines is 1. The Labute approximate surface area is 237 Å². The largest absolute Gasteiger partial charge is 0.444 e. The maximum Gasteiger partial charge on any atom is 0.411 e. The molecule has 11 heteroatoms. The Hall–Kier alpha value is -4.02. The number of carbonyl (C=O) groups excluding carboxylic acids is 4. The molecule has 1 saturated carbocycles. The maximum absolute atomic E-state index is 15.3. The SMILES string of the molecule is CN1C(=O)Cc2ccc(-c3ccc(CC(NC(=O)C4C5CCC(C5)N4C(=O)OC(C)(C)C)C(N)=O)c(F)c3F)cc21. The number of ether oxygens (including phenoxy) is 1. The van der Waals surface area contributed by atoms with Gasteiger partial charge in [-0.3, -0.25) is 19.3 Å². The molecule has 0 spiro atoms. The smallest absolute Gasteiger partial charge is 0.411 e. The average Bonchev–Trinajstić information content (AvgIpc) is 3.59. The third-order valence-electron chi connectivity index (χ3n) is 8.18. The molecule has 2 aliphatic heterocycles. The van der Waals surface area contributed by atoms with Crippen molar-refractivity contribution in [1.82, 2.24) is 10.2 Å². The first-order valence-electron chi connectivity index (χ1n) is 13.7. The van der Waals surface area contributed by atoms with Crippen LogP contribution in [0.25, 0.3) is 11.1 Å². The Balaban J connectivity index is 1.34. The minimum atomic E-state index is -1.33. The summed E-state index contributed by atoms with van der Waals surface area (Å²) in [5, 5.41) is 2.58. The number of rotatable bonds is 6. The summed E-state index contributed by atoms with van der Waals surface area (Å²) in [6, 6.07) is 5.40. The molecule has 0 aromatic heterocycles. The van der Waals surface area contributed by atoms with E-state index in [1.807, 2.05) is 0 Å². The van der Waals surface area contributed by atoms with Crippen molar-refractivity contribution < 1.29 is 32.7 Å². The number of likely N-dealkylation sites (N-methyl/N-ethyl adjacent to an activating group) is 1. The molecule has 4 atom stereocenters. The van der Waals surface area contributed by atoms with Crippen LogP contribution in [-0.2, 0) is 32.0 Å². The van der Waals surface area contributed by atoms with Crippen LogP contribution >= 0.6 is 0 Å². The van der Waals surface area contributed by atoms with Gasteiger partial charge in [-0.05, 0) is 68.7 Å². The number of benzene rings is 2. The Kier molecular flexibility index (Phi) is 7.25. The molecule has 1 saturated heterocycles. The highest BCUT2D eigenvalue weighted by Crippen LogP contribution is 2.43. The number of likely N-dealkylation sites (tertiary alicyclic amines) is 1. The summed E-state index contributed by atoms with van der Waals surface area (Å²) < 4.78 is 36.1. The molecule has 3 N–H and O–H groups in total. The number of piperidine rings is 1. The lowest BCUT2D eigenvalue weighted by atomic mass is 9.96. The Morgan fingerprint density at radius 1 is 1.12 bits per heavy atom. The first-order chi connectivity index (χ1) is 19.2. The van der Waals surface area contributed by atoms with E-state index in [1.165, 1.54) is 21.9 Å². The van der Waals surface area contributed by atoms with E-state index >= 15 is 8.78 Å². The van der Waals surface area contributed by atoms with Crippen LogP contribution in [0.4, 0.5) is 19.3 Å². The van der Waals surface area contributed by atoms with Crippen molar-refractivity contribution in [2.24, 2.45) is 11.7 Å². The molecule has 3 aliphatic rings. The van der Waals surface area contributed by atoms with Crippen LogP contribution in [0.5, 0.6) is 0 Å². The summed E-state index contributed by atoms with van der Waals surface area (Å²) in [5.41, 5.74) is 6.50. The number of carbonyl (C=O) groups is 4. The molecule has 41 heavy (non-hydrogen) atoms. The number of hydrogen-bond donors (Lipinski definition) is 2. The lowest BCUT2D eigenvalue weighted by Crippen LogP contribution is -2.57. The molecule has 5 rings (SSSR count). The molecule has 2 heterocycles. The number of nitrogens with two attached hydrogens (primary N) is 1. The quantitative estimate of drug-likeness (QED) is 0.553. The van der Waals surface area contributed by atoms with E-state index < -0.39 is 47.2 Å². The van der Waals surface area contributed by atoms with Crippen LogP contribution in [-0.4, -0.2) is 59.5 Å². The predicted molar refractivity (Wildman–Crippen MR) is 147 cm³/mol. The second kappa shape index (κ2) is 10.4. The van der Waals surface area contributed by atoms with Gasteiger partial charge in [0.2, 0.25) is 17.7 Å². The third-order valence-corrected chi connectivity index (χ3v) is 8.18. The number of fused-ring (bicyclic) bond motifs is 3. The molecule has 2 bridgehead atoms. The van der Waals surface area contributed by atoms with Crippen LogP contribution in [0.3, 0.4) is 0 Å². The fourth-order valence-electron chi connectivity index (χ4n) is 6.18. The van der Waals surface area contributed by atoms with Gasteiger partial charge in [0.15, 0.2) is 11.6 Å². The first-order valence-corrected chi connectivity index (χ1v) is 13.7. The Morgan fingerprint density at radius 3 is 2.54 bits per heavy atom. The number of nitrogens with zero attached hydrogens (tertiary/aromatic N) is 2. The molecule has 2 aromatic rings. The van der Waals surface area contributed by atoms with E-state index in [2.05, 4.69) is 5.32 Å². The van der Waals surface area contributed by atoms with Gasteiger partial charge in [0.05, 0.1) is 6.42 Å². The van der Waals surface area contributed by atoms with Crippen molar-refractivity contribution in [3.05, 3.63) is 53.1 Å². The molecular formula is C30H34F2N4O5. The molecule has 0 radical (unpaired) electrons. The summed E-state index contributed by atoms with van der Waals surface area (Å²) in [6.45, 7) is 5.21. The van der Waals surface area contributed by atoms with Gasteiger partial charge in [-0.25, -0.2) is 13.6 Å². The van der Waals surface area contributed by atoms with Crippen molar-refractivity contribution in [3.63, 3.8) is 0 Å². The highest BCUT2D eigenvalue weighted by atomic mass is 19.2. The van der Waals surface area contributed by atoms with Gasteiger partial charge in [-0.2, -0.15) is 0 Å². The van der Waals surface area contributed by atoms with Gasteiger partial charge >= 0.3 is 6.09 Å². The third kappa shape index (κ3) is 5.37. The fraction of sp³-hybridized carbons (Fsp3) is 0.467. The van der Waals surface area contributed by atoms with Crippen molar-refractivity contribution in [2.45, 2.75) is 76.6 Å². The highest BCUT2D eigenvalue weighted by molar-refractivity contribution is 6.01. The number of primary amides is 1. The molecule has 2 aromatic carbocycles. The zero-order valence-corrected chi connectivity index (χ0v) is 23.5. The van der Waals surface area contributed by atoms with Crippen LogP contribution in [0.1, 0.15) is 51.2 Å². The Bertz CT molecular complexity index is 1440. The standard InChI is InChI=1S/C30H34F2N4O5/c1-30(2,3)41-29(40)36-19-9-7-18(11-19)26(36)28(39)34-21(27(33)38)12-17-8-10-20(25(32)24(17)31)15-5-6-16-14-23(37)35(4)22(16)13-15/h5-6,8,10,13,18-19,21,26H,7,9,11-12,14H2,1-4H3,(H2,33,38)(H,34,39). The van der Waals surface area contributed by atoms with Crippen LogP contribution in [0.2, 0.25) is 0 Å². The molecule has 9 nitrogen and oxygen atoms in total. The number of amides is 4. The van der Waals surface area contributed by atoms with E-state index in [1.54, 1.807) is 46.0 Å². The minimum Gasteiger partial charge on any atom is -0.444 e. The molecule has 4 amide bonds. The average molecular weight is 569 g/mol. The topological polar surface area (TPSA) is 122 Å². The van der Waals surface area contributed by atoms with Crippen LogP contribution in [0, 0.1) is 17.6 Å². The number of halogens is 2. The van der Waals surface area contributed by atoms with E-state index in [-0.39, 0.29) is 41.8 Å². The monoisotopic (exact) mass is 568 g/mol. The van der Waals surface area contributed by atoms with Gasteiger partial charge in [-0.1, -0.05) is 24.3 Å². The molecule has 2 fully saturated rings. The second-order valence-electron chi connectivity index (χ2n) is 12.1. The first kappa shape index (κ1) is 28.5. The summed E-state index contributed by atoms with van der Waals surface area (Å²) in [7, 11) is 1.62. The van der Waals surface area contributed by atoms with E-state index in [9.17, 15) is 19.2 Å². The summed E-state index contributed by atoms with van der Waals surface area (Å²) >= 11 is 0. The van der Waals surface area contributed by atoms with Crippen molar-refractivity contribution in [1.29, 1.82) is 0 Å². The van der Waals surface area contributed by atoms with Crippen molar-refractivity contribution in [3.8, 4) is 11.1 Å². The minimum absolute atomic E-state index is 0.00329. The van der Waals surface area contributed by atoms with Crippen LogP contribution in [0.15, 0.2) is 30.3 Å². The van der Waals surface area contributed by atoms with Gasteiger partial charge < -0.3 is 20.7 Å². The normalized spacial score (nSPS) is 22.1. The maximum atomic E-state index is 15.3. The zero-order chi connectivity index (χ0) is 29.8. The number of hydrogen-bond acceptors (Lipinski definition) is 5. The van der Waals surface area contributed by atoms with E-state index in [0.29, 0.717) is 17.7 Å². The highest BCUT2D eigenvalue weighted by Gasteiger charge is 2.52. The molecule has 218 valence electrons. The predicted octanol–water partition coefficient (Wildman–Crippen LogP) is 3.45. The summed E-state index contributed by atoms with van der Waals surface area (Å²) in [4.78, 5) is 53.5. The summed E-state index contributed by atoms with van der Waals surface area (Å²) in [6.07, 6.45) is 1.41. The fourth-order valence-corrected chi connectivity index (χ4v) is 6.18. The lowest BCUT2D eigenvalue weighted by Gasteiger charge is -2.36. The van der Waals surface area contributed by atoms with Crippen LogP contribution < -0.4 is 16.0 Å².